The van der Waals surface area contributed by atoms with Crippen LogP contribution in [0, 0.1) is 5.82 Å². The van der Waals surface area contributed by atoms with Gasteiger partial charge >= 0.3 is 0 Å². The van der Waals surface area contributed by atoms with Gasteiger partial charge in [0, 0.05) is 23.2 Å². The molecule has 0 aromatic heterocycles. The molecular formula is C11H15BrFNO2. The molecule has 0 aliphatic carbocycles. The molecule has 0 heterocycles. The Morgan fingerprint density at radius 1 is 1.56 bits per heavy atom. The predicted molar refractivity (Wildman–Crippen MR) is 63.5 cm³/mol. The molecule has 0 spiro atoms. The van der Waals surface area contributed by atoms with Gasteiger partial charge in [0.05, 0.1) is 12.7 Å². The Labute approximate surface area is 103 Å². The first-order chi connectivity index (χ1) is 7.54. The van der Waals surface area contributed by atoms with Crippen molar-refractivity contribution in [1.29, 1.82) is 0 Å². The van der Waals surface area contributed by atoms with Gasteiger partial charge in [-0.1, -0.05) is 22.0 Å². The number of hydrogen-bond acceptors (Lipinski definition) is 3. The normalized spacial score (nSPS) is 14.8. The molecule has 2 unspecified atom stereocenters. The molecule has 90 valence electrons. The molecule has 1 rings (SSSR count). The first-order valence-corrected chi connectivity index (χ1v) is 5.71. The minimum Gasteiger partial charge on any atom is -0.388 e. The van der Waals surface area contributed by atoms with E-state index in [1.54, 1.807) is 12.1 Å². The topological polar surface area (TPSA) is 55.5 Å². The lowest BCUT2D eigenvalue weighted by Crippen LogP contribution is -2.28. The van der Waals surface area contributed by atoms with Gasteiger partial charge in [-0.25, -0.2) is 4.39 Å². The van der Waals surface area contributed by atoms with Crippen LogP contribution < -0.4 is 5.73 Å². The summed E-state index contributed by atoms with van der Waals surface area (Å²) >= 11 is 3.15. The van der Waals surface area contributed by atoms with Crippen molar-refractivity contribution in [3.05, 3.63) is 34.1 Å². The molecule has 0 bridgehead atoms. The van der Waals surface area contributed by atoms with Gasteiger partial charge in [0.15, 0.2) is 0 Å². The molecule has 0 saturated carbocycles. The highest BCUT2D eigenvalue weighted by molar-refractivity contribution is 9.10. The van der Waals surface area contributed by atoms with Crippen LogP contribution in [0.1, 0.15) is 18.1 Å². The number of aliphatic hydroxyl groups excluding tert-OH is 1. The number of nitrogens with two attached hydrogens (primary N) is 1. The van der Waals surface area contributed by atoms with Crippen molar-refractivity contribution in [2.75, 3.05) is 13.7 Å². The van der Waals surface area contributed by atoms with Crippen LogP contribution in [0.4, 0.5) is 4.39 Å². The Morgan fingerprint density at radius 3 is 2.81 bits per heavy atom. The van der Waals surface area contributed by atoms with Crippen LogP contribution in [0.15, 0.2) is 22.7 Å². The van der Waals surface area contributed by atoms with E-state index < -0.39 is 11.9 Å². The molecule has 5 heteroatoms. The summed E-state index contributed by atoms with van der Waals surface area (Å²) in [6.07, 6.45) is -0.634. The second-order valence-corrected chi connectivity index (χ2v) is 4.55. The Hall–Kier alpha value is -0.490. The van der Waals surface area contributed by atoms with Crippen molar-refractivity contribution in [2.45, 2.75) is 18.6 Å². The maximum atomic E-state index is 13.5. The van der Waals surface area contributed by atoms with Crippen molar-refractivity contribution >= 4 is 15.9 Å². The zero-order valence-electron chi connectivity index (χ0n) is 8.99. The van der Waals surface area contributed by atoms with Crippen LogP contribution in [-0.4, -0.2) is 24.9 Å². The van der Waals surface area contributed by atoms with E-state index in [1.165, 1.54) is 13.2 Å². The Bertz CT molecular complexity index is 349. The van der Waals surface area contributed by atoms with Crippen LogP contribution >= 0.6 is 15.9 Å². The van der Waals surface area contributed by atoms with Crippen molar-refractivity contribution in [2.24, 2.45) is 5.73 Å². The van der Waals surface area contributed by atoms with Gasteiger partial charge in [0.2, 0.25) is 0 Å². The fourth-order valence-corrected chi connectivity index (χ4v) is 1.80. The highest BCUT2D eigenvalue weighted by Crippen LogP contribution is 2.23. The number of hydrogen-bond donors (Lipinski definition) is 2. The van der Waals surface area contributed by atoms with Gasteiger partial charge in [0.25, 0.3) is 0 Å². The fraction of sp³-hybridized carbons (Fsp3) is 0.455. The lowest BCUT2D eigenvalue weighted by molar-refractivity contribution is 0.119. The zero-order valence-corrected chi connectivity index (χ0v) is 10.6. The largest absolute Gasteiger partial charge is 0.388 e. The third-order valence-electron chi connectivity index (χ3n) is 2.23. The highest BCUT2D eigenvalue weighted by atomic mass is 79.9. The minimum atomic E-state index is -0.904. The molecule has 16 heavy (non-hydrogen) atoms. The van der Waals surface area contributed by atoms with Crippen molar-refractivity contribution < 1.29 is 14.2 Å². The first kappa shape index (κ1) is 13.6. The van der Waals surface area contributed by atoms with E-state index >= 15 is 0 Å². The molecule has 0 radical (unpaired) electrons. The highest BCUT2D eigenvalue weighted by Gasteiger charge is 2.16. The van der Waals surface area contributed by atoms with E-state index in [1.807, 2.05) is 0 Å². The van der Waals surface area contributed by atoms with E-state index in [0.717, 1.165) is 0 Å². The molecule has 0 aliphatic heterocycles. The van der Waals surface area contributed by atoms with Gasteiger partial charge in [-0.2, -0.15) is 0 Å². The summed E-state index contributed by atoms with van der Waals surface area (Å²) in [5.74, 6) is -0.438. The van der Waals surface area contributed by atoms with Crippen molar-refractivity contribution in [3.8, 4) is 0 Å². The average molecular weight is 292 g/mol. The zero-order chi connectivity index (χ0) is 12.1. The van der Waals surface area contributed by atoms with E-state index in [4.69, 9.17) is 10.5 Å². The fourth-order valence-electron chi connectivity index (χ4n) is 1.47. The Kier molecular flexibility index (Phi) is 5.34. The molecule has 0 fully saturated rings. The molecule has 0 saturated heterocycles. The summed E-state index contributed by atoms with van der Waals surface area (Å²) in [5.41, 5.74) is 5.94. The van der Waals surface area contributed by atoms with Crippen LogP contribution in [0.2, 0.25) is 0 Å². The summed E-state index contributed by atoms with van der Waals surface area (Å²) < 4.78 is 19.0. The summed E-state index contributed by atoms with van der Waals surface area (Å²) in [7, 11) is 1.53. The summed E-state index contributed by atoms with van der Waals surface area (Å²) in [6.45, 7) is 0.342. The molecule has 3 N–H and O–H groups in total. The van der Waals surface area contributed by atoms with Gasteiger partial charge in [0.1, 0.15) is 5.82 Å². The third kappa shape index (κ3) is 3.83. The molecule has 3 nitrogen and oxygen atoms in total. The molecule has 1 aromatic carbocycles. The standard InChI is InChI=1S/C11H15BrFNO2/c1-16-6-8(14)5-11(15)9-3-2-7(12)4-10(9)13/h2-4,8,11,15H,5-6,14H2,1H3. The van der Waals surface area contributed by atoms with Crippen LogP contribution in [0.5, 0.6) is 0 Å². The van der Waals surface area contributed by atoms with Gasteiger partial charge in [-0.15, -0.1) is 0 Å². The van der Waals surface area contributed by atoms with Gasteiger partial charge in [-0.05, 0) is 18.6 Å². The number of benzene rings is 1. The van der Waals surface area contributed by atoms with Crippen LogP contribution in [-0.2, 0) is 4.74 Å². The van der Waals surface area contributed by atoms with Crippen LogP contribution in [0.3, 0.4) is 0 Å². The smallest absolute Gasteiger partial charge is 0.130 e. The Balaban J connectivity index is 2.69. The van der Waals surface area contributed by atoms with E-state index in [2.05, 4.69) is 15.9 Å². The van der Waals surface area contributed by atoms with E-state index in [9.17, 15) is 9.50 Å². The van der Waals surface area contributed by atoms with E-state index in [-0.39, 0.29) is 18.0 Å². The predicted octanol–water partition coefficient (Wildman–Crippen LogP) is 1.99. The third-order valence-corrected chi connectivity index (χ3v) is 2.72. The second kappa shape index (κ2) is 6.30. The van der Waals surface area contributed by atoms with Crippen molar-refractivity contribution in [3.63, 3.8) is 0 Å². The lowest BCUT2D eigenvalue weighted by atomic mass is 10.0. The molecule has 0 aliphatic rings. The first-order valence-electron chi connectivity index (χ1n) is 4.92. The SMILES string of the molecule is COCC(N)CC(O)c1ccc(Br)cc1F. The Morgan fingerprint density at radius 2 is 2.25 bits per heavy atom. The van der Waals surface area contributed by atoms with E-state index in [0.29, 0.717) is 11.1 Å². The second-order valence-electron chi connectivity index (χ2n) is 3.63. The quantitative estimate of drug-likeness (QED) is 0.872. The summed E-state index contributed by atoms with van der Waals surface area (Å²) in [6, 6.07) is 4.25. The number of halogens is 2. The number of ether oxygens (including phenoxy) is 1. The van der Waals surface area contributed by atoms with Crippen molar-refractivity contribution in [1.82, 2.24) is 0 Å². The molecule has 1 aromatic rings. The number of aliphatic hydroxyl groups is 1. The number of rotatable bonds is 5. The van der Waals surface area contributed by atoms with Crippen LogP contribution in [0.25, 0.3) is 0 Å². The molecule has 2 atom stereocenters. The maximum Gasteiger partial charge on any atom is 0.130 e. The monoisotopic (exact) mass is 291 g/mol. The van der Waals surface area contributed by atoms with Gasteiger partial charge in [-0.3, -0.25) is 0 Å². The average Bonchev–Trinajstić information content (AvgIpc) is 2.17. The molecular weight excluding hydrogens is 277 g/mol. The molecule has 0 amide bonds. The minimum absolute atomic E-state index is 0.259. The summed E-state index contributed by atoms with van der Waals surface area (Å²) in [5, 5.41) is 9.80. The maximum absolute atomic E-state index is 13.5. The summed E-state index contributed by atoms with van der Waals surface area (Å²) in [4.78, 5) is 0. The number of methoxy groups -OCH3 is 1. The van der Waals surface area contributed by atoms with Gasteiger partial charge < -0.3 is 15.6 Å². The lowest BCUT2D eigenvalue weighted by Gasteiger charge is -2.16.